The highest BCUT2D eigenvalue weighted by molar-refractivity contribution is 6.05. The van der Waals surface area contributed by atoms with Crippen molar-refractivity contribution >= 4 is 22.7 Å². The number of ether oxygens (including phenoxy) is 2. The van der Waals surface area contributed by atoms with Crippen molar-refractivity contribution in [1.29, 1.82) is 0 Å². The highest BCUT2D eigenvalue weighted by Gasteiger charge is 2.49. The van der Waals surface area contributed by atoms with Crippen molar-refractivity contribution in [1.82, 2.24) is 14.8 Å². The standard InChI is InChI=1S/C28H35N3O5/c1-17-8-6-10-21(18(17)2)29-27(33)28(3)16-30-22(26(32)31(28)15-19-9-7-13-36-19)14-20-23(34-4)11-12-24(35-5)25(20)30/h7,9,11-14,17-18,21H,6,8,10,15-16H2,1-5H3,(H,29,33)/t17-,18-,21-,28-/m1/s1. The molecule has 4 atom stereocenters. The molecule has 1 fully saturated rings. The minimum atomic E-state index is -1.14. The zero-order chi connectivity index (χ0) is 25.6. The molecule has 8 heteroatoms. The molecule has 0 radical (unpaired) electrons. The van der Waals surface area contributed by atoms with Crippen LogP contribution in [0.25, 0.3) is 10.9 Å². The second kappa shape index (κ2) is 9.22. The van der Waals surface area contributed by atoms with Crippen LogP contribution >= 0.6 is 0 Å². The van der Waals surface area contributed by atoms with Crippen LogP contribution in [0.2, 0.25) is 0 Å². The maximum absolute atomic E-state index is 14.1. The van der Waals surface area contributed by atoms with Crippen molar-refractivity contribution < 1.29 is 23.5 Å². The normalized spacial score (nSPS) is 26.1. The molecule has 1 aliphatic heterocycles. The zero-order valence-electron chi connectivity index (χ0n) is 21.7. The van der Waals surface area contributed by atoms with Crippen LogP contribution in [0.15, 0.2) is 41.0 Å². The van der Waals surface area contributed by atoms with Crippen LogP contribution < -0.4 is 14.8 Å². The molecule has 2 aliphatic rings. The molecule has 1 saturated carbocycles. The predicted octanol–water partition coefficient (Wildman–Crippen LogP) is 4.61. The number of methoxy groups -OCH3 is 2. The molecule has 192 valence electrons. The van der Waals surface area contributed by atoms with Crippen molar-refractivity contribution in [2.45, 2.75) is 64.7 Å². The fourth-order valence-electron chi connectivity index (χ4n) is 5.87. The minimum Gasteiger partial charge on any atom is -0.496 e. The number of fused-ring (bicyclic) bond motifs is 3. The number of carbonyl (C=O) groups is 2. The summed E-state index contributed by atoms with van der Waals surface area (Å²) in [5.41, 5.74) is 0.0953. The lowest BCUT2D eigenvalue weighted by molar-refractivity contribution is -0.134. The van der Waals surface area contributed by atoms with E-state index in [-0.39, 0.29) is 30.9 Å². The van der Waals surface area contributed by atoms with Gasteiger partial charge in [-0.2, -0.15) is 0 Å². The van der Waals surface area contributed by atoms with E-state index in [1.807, 2.05) is 35.8 Å². The quantitative estimate of drug-likeness (QED) is 0.542. The van der Waals surface area contributed by atoms with Gasteiger partial charge in [0.2, 0.25) is 5.91 Å². The summed E-state index contributed by atoms with van der Waals surface area (Å²) in [6, 6.07) is 9.19. The summed E-state index contributed by atoms with van der Waals surface area (Å²) in [4.78, 5) is 29.8. The first-order valence-corrected chi connectivity index (χ1v) is 12.7. The van der Waals surface area contributed by atoms with Gasteiger partial charge in [0, 0.05) is 11.4 Å². The number of nitrogens with zero attached hydrogens (tertiary/aromatic N) is 2. The average molecular weight is 494 g/mol. The second-order valence-electron chi connectivity index (χ2n) is 10.4. The molecular weight excluding hydrogens is 458 g/mol. The van der Waals surface area contributed by atoms with E-state index in [0.29, 0.717) is 34.8 Å². The van der Waals surface area contributed by atoms with Gasteiger partial charge in [0.15, 0.2) is 0 Å². The lowest BCUT2D eigenvalue weighted by Crippen LogP contribution is -2.65. The summed E-state index contributed by atoms with van der Waals surface area (Å²) in [5, 5.41) is 4.10. The van der Waals surface area contributed by atoms with Crippen LogP contribution in [-0.4, -0.2) is 47.1 Å². The first kappa shape index (κ1) is 24.3. The van der Waals surface area contributed by atoms with Crippen molar-refractivity contribution in [3.8, 4) is 11.5 Å². The van der Waals surface area contributed by atoms with Gasteiger partial charge in [0.05, 0.1) is 39.1 Å². The number of rotatable bonds is 6. The molecule has 3 aromatic rings. The summed E-state index contributed by atoms with van der Waals surface area (Å²) in [6.07, 6.45) is 4.79. The third-order valence-corrected chi connectivity index (χ3v) is 8.35. The summed E-state index contributed by atoms with van der Waals surface area (Å²) < 4.78 is 18.7. The van der Waals surface area contributed by atoms with E-state index in [9.17, 15) is 9.59 Å². The summed E-state index contributed by atoms with van der Waals surface area (Å²) in [7, 11) is 3.21. The van der Waals surface area contributed by atoms with Gasteiger partial charge in [0.25, 0.3) is 5.91 Å². The molecular formula is C28H35N3O5. The van der Waals surface area contributed by atoms with Crippen LogP contribution in [0.1, 0.15) is 56.3 Å². The molecule has 8 nitrogen and oxygen atoms in total. The van der Waals surface area contributed by atoms with Gasteiger partial charge >= 0.3 is 0 Å². The summed E-state index contributed by atoms with van der Waals surface area (Å²) in [5.74, 6) is 2.43. The highest BCUT2D eigenvalue weighted by atomic mass is 16.5. The second-order valence-corrected chi connectivity index (χ2v) is 10.4. The Morgan fingerprint density at radius 1 is 1.17 bits per heavy atom. The van der Waals surface area contributed by atoms with Crippen LogP contribution in [0.4, 0.5) is 0 Å². The Kier molecular flexibility index (Phi) is 6.22. The fraction of sp³-hybridized carbons (Fsp3) is 0.500. The van der Waals surface area contributed by atoms with Gasteiger partial charge in [-0.15, -0.1) is 0 Å². The van der Waals surface area contributed by atoms with Crippen LogP contribution in [-0.2, 0) is 17.9 Å². The number of nitrogens with one attached hydrogen (secondary N) is 1. The van der Waals surface area contributed by atoms with Gasteiger partial charge < -0.3 is 28.7 Å². The maximum Gasteiger partial charge on any atom is 0.271 e. The number of benzene rings is 1. The molecule has 1 N–H and O–H groups in total. The van der Waals surface area contributed by atoms with E-state index in [1.54, 1.807) is 31.4 Å². The van der Waals surface area contributed by atoms with E-state index >= 15 is 0 Å². The molecule has 0 unspecified atom stereocenters. The van der Waals surface area contributed by atoms with Crippen LogP contribution in [0, 0.1) is 11.8 Å². The molecule has 0 spiro atoms. The SMILES string of the molecule is COc1ccc(OC)c2c1cc1n2C[C@](C)(C(=O)N[C@@H]2CCC[C@@H](C)[C@H]2C)N(Cc2ccco2)C1=O. The Labute approximate surface area is 211 Å². The number of aromatic nitrogens is 1. The van der Waals surface area contributed by atoms with E-state index in [2.05, 4.69) is 19.2 Å². The fourth-order valence-corrected chi connectivity index (χ4v) is 5.87. The number of hydrogen-bond donors (Lipinski definition) is 1. The van der Waals surface area contributed by atoms with Crippen molar-refractivity contribution in [3.63, 3.8) is 0 Å². The van der Waals surface area contributed by atoms with Gasteiger partial charge in [-0.3, -0.25) is 9.59 Å². The number of carbonyl (C=O) groups excluding carboxylic acids is 2. The van der Waals surface area contributed by atoms with Crippen molar-refractivity contribution in [2.75, 3.05) is 14.2 Å². The molecule has 1 aliphatic carbocycles. The Balaban J connectivity index is 1.60. The zero-order valence-corrected chi connectivity index (χ0v) is 21.7. The van der Waals surface area contributed by atoms with Gasteiger partial charge in [-0.25, -0.2) is 0 Å². The largest absolute Gasteiger partial charge is 0.496 e. The number of hydrogen-bond acceptors (Lipinski definition) is 5. The van der Waals surface area contributed by atoms with E-state index in [0.717, 1.165) is 23.7 Å². The van der Waals surface area contributed by atoms with Gasteiger partial charge in [-0.1, -0.05) is 26.7 Å². The maximum atomic E-state index is 14.1. The Morgan fingerprint density at radius 3 is 2.61 bits per heavy atom. The van der Waals surface area contributed by atoms with Crippen molar-refractivity contribution in [2.24, 2.45) is 11.8 Å². The molecule has 2 aromatic heterocycles. The van der Waals surface area contributed by atoms with Crippen LogP contribution in [0.5, 0.6) is 11.5 Å². The van der Waals surface area contributed by atoms with E-state index < -0.39 is 5.54 Å². The third-order valence-electron chi connectivity index (χ3n) is 8.35. The number of furan rings is 1. The Bertz CT molecular complexity index is 1280. The Hall–Kier alpha value is -3.42. The van der Waals surface area contributed by atoms with Crippen molar-refractivity contribution in [3.05, 3.63) is 48.0 Å². The van der Waals surface area contributed by atoms with Crippen LogP contribution in [0.3, 0.4) is 0 Å². The third kappa shape index (κ3) is 3.83. The van der Waals surface area contributed by atoms with Gasteiger partial charge in [0.1, 0.15) is 28.5 Å². The molecule has 3 heterocycles. The highest BCUT2D eigenvalue weighted by Crippen LogP contribution is 2.41. The lowest BCUT2D eigenvalue weighted by Gasteiger charge is -2.45. The molecule has 36 heavy (non-hydrogen) atoms. The average Bonchev–Trinajstić information content (AvgIpc) is 3.52. The Morgan fingerprint density at radius 2 is 1.92 bits per heavy atom. The molecule has 0 bridgehead atoms. The van der Waals surface area contributed by atoms with Gasteiger partial charge in [-0.05, 0) is 55.5 Å². The molecule has 5 rings (SSSR count). The topological polar surface area (TPSA) is 85.9 Å². The first-order valence-electron chi connectivity index (χ1n) is 12.7. The molecule has 1 aromatic carbocycles. The minimum absolute atomic E-state index is 0.0797. The summed E-state index contributed by atoms with van der Waals surface area (Å²) in [6.45, 7) is 6.78. The first-order chi connectivity index (χ1) is 17.3. The lowest BCUT2D eigenvalue weighted by atomic mass is 9.77. The summed E-state index contributed by atoms with van der Waals surface area (Å²) >= 11 is 0. The smallest absolute Gasteiger partial charge is 0.271 e. The number of amides is 2. The predicted molar refractivity (Wildman–Crippen MR) is 136 cm³/mol. The van der Waals surface area contributed by atoms with E-state index in [1.165, 1.54) is 6.42 Å². The van der Waals surface area contributed by atoms with E-state index in [4.69, 9.17) is 13.9 Å². The molecule has 0 saturated heterocycles. The molecule has 2 amide bonds. The monoisotopic (exact) mass is 493 g/mol.